The van der Waals surface area contributed by atoms with Gasteiger partial charge in [0.1, 0.15) is 11.4 Å². The standard InChI is InChI=1S/C24H29ClN2O3/c1-3-24(4-2)14-21(18-11-9-16(25)12-22(18)30-24)27-23(29)26-20-7-5-6-15-8-10-17(28)13-19(15)20/h5-7,9,11-12,17,21,28H,3-4,8,10,13-14H2,1-2H3,(H2,26,27,29)/t17-,21+/m0/s1. The van der Waals surface area contributed by atoms with Crippen molar-refractivity contribution in [2.45, 2.75) is 70.1 Å². The van der Waals surface area contributed by atoms with Gasteiger partial charge in [-0.15, -0.1) is 0 Å². The van der Waals surface area contributed by atoms with Gasteiger partial charge in [-0.3, -0.25) is 0 Å². The zero-order chi connectivity index (χ0) is 21.3. The van der Waals surface area contributed by atoms with Crippen LogP contribution in [0.2, 0.25) is 5.02 Å². The fourth-order valence-electron chi connectivity index (χ4n) is 4.66. The smallest absolute Gasteiger partial charge is 0.319 e. The van der Waals surface area contributed by atoms with Gasteiger partial charge >= 0.3 is 6.03 Å². The van der Waals surface area contributed by atoms with Gasteiger partial charge in [0.15, 0.2) is 0 Å². The first-order valence-electron chi connectivity index (χ1n) is 10.8. The van der Waals surface area contributed by atoms with Crippen molar-refractivity contribution < 1.29 is 14.6 Å². The van der Waals surface area contributed by atoms with E-state index in [0.717, 1.165) is 48.2 Å². The van der Waals surface area contributed by atoms with Crippen molar-refractivity contribution in [3.05, 3.63) is 58.1 Å². The number of carbonyl (C=O) groups excluding carboxylic acids is 1. The zero-order valence-electron chi connectivity index (χ0n) is 17.5. The molecule has 6 heteroatoms. The van der Waals surface area contributed by atoms with Crippen molar-refractivity contribution in [1.29, 1.82) is 0 Å². The third-order valence-corrected chi connectivity index (χ3v) is 6.79. The molecule has 0 bridgehead atoms. The van der Waals surface area contributed by atoms with Crippen LogP contribution in [0, 0.1) is 0 Å². The maximum atomic E-state index is 13.0. The fourth-order valence-corrected chi connectivity index (χ4v) is 4.82. The Hall–Kier alpha value is -2.24. The van der Waals surface area contributed by atoms with Crippen LogP contribution in [0.15, 0.2) is 36.4 Å². The summed E-state index contributed by atoms with van der Waals surface area (Å²) in [6, 6.07) is 11.1. The van der Waals surface area contributed by atoms with Crippen LogP contribution >= 0.6 is 11.6 Å². The average Bonchev–Trinajstić information content (AvgIpc) is 2.73. The maximum Gasteiger partial charge on any atom is 0.319 e. The zero-order valence-corrected chi connectivity index (χ0v) is 18.3. The van der Waals surface area contributed by atoms with E-state index in [1.165, 1.54) is 5.56 Å². The van der Waals surface area contributed by atoms with Crippen molar-refractivity contribution in [2.24, 2.45) is 0 Å². The Labute approximate surface area is 182 Å². The number of nitrogens with one attached hydrogen (secondary N) is 2. The van der Waals surface area contributed by atoms with Crippen molar-refractivity contribution in [3.63, 3.8) is 0 Å². The quantitative estimate of drug-likeness (QED) is 0.611. The summed E-state index contributed by atoms with van der Waals surface area (Å²) in [5, 5.41) is 16.9. The van der Waals surface area contributed by atoms with E-state index < -0.39 is 0 Å². The Balaban J connectivity index is 1.56. The number of aliphatic hydroxyl groups is 1. The van der Waals surface area contributed by atoms with Gasteiger partial charge in [-0.1, -0.05) is 43.6 Å². The van der Waals surface area contributed by atoms with E-state index in [1.54, 1.807) is 0 Å². The summed E-state index contributed by atoms with van der Waals surface area (Å²) in [7, 11) is 0. The molecule has 1 aliphatic carbocycles. The van der Waals surface area contributed by atoms with Crippen molar-refractivity contribution in [2.75, 3.05) is 5.32 Å². The lowest BCUT2D eigenvalue weighted by molar-refractivity contribution is 0.0247. The van der Waals surface area contributed by atoms with E-state index in [4.69, 9.17) is 16.3 Å². The highest BCUT2D eigenvalue weighted by Gasteiger charge is 2.39. The van der Waals surface area contributed by atoms with Crippen LogP contribution in [0.1, 0.15) is 62.3 Å². The number of rotatable bonds is 4. The van der Waals surface area contributed by atoms with Gasteiger partial charge in [0.2, 0.25) is 0 Å². The summed E-state index contributed by atoms with van der Waals surface area (Å²) in [6.45, 7) is 4.22. The second-order valence-electron chi connectivity index (χ2n) is 8.37. The van der Waals surface area contributed by atoms with E-state index in [0.29, 0.717) is 17.9 Å². The normalized spacial score (nSPS) is 21.7. The largest absolute Gasteiger partial charge is 0.487 e. The van der Waals surface area contributed by atoms with Crippen LogP contribution in [0.3, 0.4) is 0 Å². The predicted octanol–water partition coefficient (Wildman–Crippen LogP) is 5.39. The molecule has 5 nitrogen and oxygen atoms in total. The number of aliphatic hydroxyl groups excluding tert-OH is 1. The molecule has 1 heterocycles. The van der Waals surface area contributed by atoms with Crippen LogP contribution in [0.25, 0.3) is 0 Å². The van der Waals surface area contributed by atoms with Gasteiger partial charge in [-0.05, 0) is 55.0 Å². The number of urea groups is 1. The lowest BCUT2D eigenvalue weighted by Crippen LogP contribution is -2.45. The minimum Gasteiger partial charge on any atom is -0.487 e. The number of benzene rings is 2. The molecule has 0 saturated heterocycles. The lowest BCUT2D eigenvalue weighted by Gasteiger charge is -2.41. The highest BCUT2D eigenvalue weighted by Crippen LogP contribution is 2.43. The number of hydrogen-bond donors (Lipinski definition) is 3. The van der Waals surface area contributed by atoms with E-state index in [9.17, 15) is 9.90 Å². The predicted molar refractivity (Wildman–Crippen MR) is 119 cm³/mol. The third kappa shape index (κ3) is 4.14. The van der Waals surface area contributed by atoms with E-state index in [2.05, 4.69) is 30.5 Å². The Bertz CT molecular complexity index is 942. The van der Waals surface area contributed by atoms with Crippen LogP contribution in [-0.4, -0.2) is 22.8 Å². The number of amides is 2. The molecule has 2 aromatic carbocycles. The minimum absolute atomic E-state index is 0.170. The van der Waals surface area contributed by atoms with Crippen molar-refractivity contribution >= 4 is 23.3 Å². The summed E-state index contributed by atoms with van der Waals surface area (Å²) < 4.78 is 6.33. The molecule has 160 valence electrons. The van der Waals surface area contributed by atoms with E-state index in [1.807, 2.05) is 30.3 Å². The van der Waals surface area contributed by atoms with E-state index in [-0.39, 0.29) is 23.8 Å². The first kappa shape index (κ1) is 21.0. The topological polar surface area (TPSA) is 70.6 Å². The summed E-state index contributed by atoms with van der Waals surface area (Å²) >= 11 is 6.20. The van der Waals surface area contributed by atoms with Crippen LogP contribution < -0.4 is 15.4 Å². The lowest BCUT2D eigenvalue weighted by atomic mass is 9.83. The SMILES string of the molecule is CCC1(CC)C[C@@H](NC(=O)Nc2cccc3c2C[C@@H](O)CC3)c2ccc(Cl)cc2O1. The molecular formula is C24H29ClN2O3. The number of ether oxygens (including phenoxy) is 1. The molecule has 4 rings (SSSR count). The summed E-state index contributed by atoms with van der Waals surface area (Å²) in [6.07, 6.45) is 4.20. The molecule has 2 atom stereocenters. The molecule has 0 saturated carbocycles. The van der Waals surface area contributed by atoms with Crippen molar-refractivity contribution in [1.82, 2.24) is 5.32 Å². The van der Waals surface area contributed by atoms with Crippen molar-refractivity contribution in [3.8, 4) is 5.75 Å². The van der Waals surface area contributed by atoms with Gasteiger partial charge in [0, 0.05) is 29.1 Å². The molecule has 0 unspecified atom stereocenters. The van der Waals surface area contributed by atoms with E-state index >= 15 is 0 Å². The summed E-state index contributed by atoms with van der Waals surface area (Å²) in [5.41, 5.74) is 3.61. The minimum atomic E-state index is -0.356. The number of aryl methyl sites for hydroxylation is 1. The number of halogens is 1. The molecule has 2 aromatic rings. The highest BCUT2D eigenvalue weighted by atomic mass is 35.5. The molecule has 0 spiro atoms. The Morgan fingerprint density at radius 3 is 2.83 bits per heavy atom. The molecule has 30 heavy (non-hydrogen) atoms. The van der Waals surface area contributed by atoms with Crippen LogP contribution in [0.4, 0.5) is 10.5 Å². The Kier molecular flexibility index (Phi) is 5.94. The van der Waals surface area contributed by atoms with Gasteiger partial charge < -0.3 is 20.5 Å². The van der Waals surface area contributed by atoms with Gasteiger partial charge in [-0.2, -0.15) is 0 Å². The van der Waals surface area contributed by atoms with Gasteiger partial charge in [0.25, 0.3) is 0 Å². The molecule has 0 radical (unpaired) electrons. The first-order chi connectivity index (χ1) is 14.4. The molecule has 2 amide bonds. The first-order valence-corrected chi connectivity index (χ1v) is 11.2. The highest BCUT2D eigenvalue weighted by molar-refractivity contribution is 6.30. The molecule has 1 aliphatic heterocycles. The molecular weight excluding hydrogens is 400 g/mol. The summed E-state index contributed by atoms with van der Waals surface area (Å²) in [4.78, 5) is 13.0. The van der Waals surface area contributed by atoms with Crippen LogP contribution in [-0.2, 0) is 12.8 Å². The molecule has 2 aliphatic rings. The Morgan fingerprint density at radius 2 is 2.07 bits per heavy atom. The monoisotopic (exact) mass is 428 g/mol. The van der Waals surface area contributed by atoms with Gasteiger partial charge in [0.05, 0.1) is 12.1 Å². The fraction of sp³-hybridized carbons (Fsp3) is 0.458. The molecule has 0 aromatic heterocycles. The Morgan fingerprint density at radius 1 is 1.27 bits per heavy atom. The average molecular weight is 429 g/mol. The van der Waals surface area contributed by atoms with Crippen LogP contribution in [0.5, 0.6) is 5.75 Å². The maximum absolute atomic E-state index is 13.0. The second-order valence-corrected chi connectivity index (χ2v) is 8.81. The molecule has 3 N–H and O–H groups in total. The molecule has 0 fully saturated rings. The summed E-state index contributed by atoms with van der Waals surface area (Å²) in [5.74, 6) is 0.739. The third-order valence-electron chi connectivity index (χ3n) is 6.56. The van der Waals surface area contributed by atoms with Gasteiger partial charge in [-0.25, -0.2) is 4.79 Å². The number of anilines is 1. The number of fused-ring (bicyclic) bond motifs is 2. The number of hydrogen-bond acceptors (Lipinski definition) is 3. The number of carbonyl (C=O) groups is 1. The second kappa shape index (κ2) is 8.48.